The Kier molecular flexibility index (Phi) is 5.04. The molecule has 0 spiro atoms. The van der Waals surface area contributed by atoms with E-state index in [1.807, 2.05) is 66.7 Å². The monoisotopic (exact) mass is 441 g/mol. The highest BCUT2D eigenvalue weighted by Gasteiger charge is 2.18. The lowest BCUT2D eigenvalue weighted by Crippen LogP contribution is -2.29. The van der Waals surface area contributed by atoms with Crippen molar-refractivity contribution in [1.82, 2.24) is 14.9 Å². The molecule has 0 fully saturated rings. The molecule has 0 saturated heterocycles. The number of fused-ring (bicyclic) bond motifs is 2. The summed E-state index contributed by atoms with van der Waals surface area (Å²) in [7, 11) is 1.73. The average molecular weight is 442 g/mol. The second kappa shape index (κ2) is 8.02. The fraction of sp³-hybridized carbons (Fsp3) is 0.0769. The van der Waals surface area contributed by atoms with Crippen LogP contribution in [0.25, 0.3) is 32.8 Å². The van der Waals surface area contributed by atoms with Crippen molar-refractivity contribution in [1.29, 1.82) is 0 Å². The number of rotatable bonds is 4. The smallest absolute Gasteiger partial charge is 0.268 e. The first kappa shape index (κ1) is 20.1. The van der Waals surface area contributed by atoms with Crippen molar-refractivity contribution < 1.29 is 4.79 Å². The van der Waals surface area contributed by atoms with Gasteiger partial charge in [-0.05, 0) is 41.3 Å². The van der Waals surface area contributed by atoms with E-state index in [1.54, 1.807) is 23.7 Å². The summed E-state index contributed by atoms with van der Waals surface area (Å²) in [6.45, 7) is 0.187. The average Bonchev–Trinajstić information content (AvgIpc) is 3.25. The summed E-state index contributed by atoms with van der Waals surface area (Å²) < 4.78 is 1.60. The van der Waals surface area contributed by atoms with E-state index >= 15 is 0 Å². The topological polar surface area (TPSA) is 66.9 Å². The molecule has 158 valence electrons. The van der Waals surface area contributed by atoms with Gasteiger partial charge in [-0.25, -0.2) is 0 Å². The minimum atomic E-state index is -0.237. The van der Waals surface area contributed by atoms with Crippen molar-refractivity contribution >= 4 is 39.2 Å². The molecule has 0 saturated carbocycles. The van der Waals surface area contributed by atoms with Crippen molar-refractivity contribution in [3.05, 3.63) is 106 Å². The predicted octanol–water partition coefficient (Wildman–Crippen LogP) is 5.27. The summed E-state index contributed by atoms with van der Waals surface area (Å²) in [5.74, 6) is -0.237. The maximum atomic E-state index is 13.1. The summed E-state index contributed by atoms with van der Waals surface area (Å²) >= 11 is 6.29. The van der Waals surface area contributed by atoms with Gasteiger partial charge in [0.05, 0.1) is 6.54 Å². The van der Waals surface area contributed by atoms with Crippen molar-refractivity contribution in [2.45, 2.75) is 6.54 Å². The maximum absolute atomic E-state index is 13.1. The first-order valence-corrected chi connectivity index (χ1v) is 10.6. The zero-order valence-electron chi connectivity index (χ0n) is 17.4. The Morgan fingerprint density at radius 1 is 0.969 bits per heavy atom. The highest BCUT2D eigenvalue weighted by Crippen LogP contribution is 2.32. The number of hydrogen-bond donors (Lipinski definition) is 2. The number of hydrogen-bond acceptors (Lipinski definition) is 2. The molecule has 5 aromatic rings. The zero-order valence-corrected chi connectivity index (χ0v) is 18.1. The number of aromatic nitrogens is 2. The molecule has 32 heavy (non-hydrogen) atoms. The van der Waals surface area contributed by atoms with E-state index < -0.39 is 0 Å². The van der Waals surface area contributed by atoms with Crippen LogP contribution in [0, 0.1) is 0 Å². The zero-order chi connectivity index (χ0) is 22.2. The SMILES string of the molecule is Cn1c(CNC(=O)c2cc3ccccc3[nH]2)c(-c2ccccc2)c2cc(Cl)ccc2c1=O. The van der Waals surface area contributed by atoms with Gasteiger partial charge in [0.2, 0.25) is 0 Å². The Bertz CT molecular complexity index is 1500. The van der Waals surface area contributed by atoms with Crippen LogP contribution in [-0.2, 0) is 13.6 Å². The highest BCUT2D eigenvalue weighted by atomic mass is 35.5. The van der Waals surface area contributed by atoms with Gasteiger partial charge in [0.25, 0.3) is 11.5 Å². The third kappa shape index (κ3) is 3.47. The third-order valence-electron chi connectivity index (χ3n) is 5.73. The van der Waals surface area contributed by atoms with Gasteiger partial charge in [-0.3, -0.25) is 9.59 Å². The van der Waals surface area contributed by atoms with E-state index in [-0.39, 0.29) is 18.0 Å². The first-order chi connectivity index (χ1) is 15.5. The summed E-state index contributed by atoms with van der Waals surface area (Å²) in [4.78, 5) is 29.1. The number of carbonyl (C=O) groups excluding carboxylic acids is 1. The third-order valence-corrected chi connectivity index (χ3v) is 5.97. The minimum absolute atomic E-state index is 0.133. The van der Waals surface area contributed by atoms with Gasteiger partial charge < -0.3 is 14.9 Å². The van der Waals surface area contributed by atoms with E-state index in [9.17, 15) is 9.59 Å². The van der Waals surface area contributed by atoms with Crippen LogP contribution in [-0.4, -0.2) is 15.5 Å². The van der Waals surface area contributed by atoms with Gasteiger partial charge >= 0.3 is 0 Å². The normalized spacial score (nSPS) is 11.2. The van der Waals surface area contributed by atoms with E-state index in [1.165, 1.54) is 0 Å². The summed E-state index contributed by atoms with van der Waals surface area (Å²) in [5, 5.41) is 5.84. The van der Waals surface area contributed by atoms with Crippen LogP contribution in [0.3, 0.4) is 0 Å². The molecule has 1 amide bonds. The first-order valence-electron chi connectivity index (χ1n) is 10.3. The molecule has 6 heteroatoms. The Morgan fingerprint density at radius 2 is 1.72 bits per heavy atom. The van der Waals surface area contributed by atoms with Crippen LogP contribution < -0.4 is 10.9 Å². The fourth-order valence-corrected chi connectivity index (χ4v) is 4.30. The Balaban J connectivity index is 1.60. The predicted molar refractivity (Wildman–Crippen MR) is 129 cm³/mol. The van der Waals surface area contributed by atoms with Crippen molar-refractivity contribution in [3.8, 4) is 11.1 Å². The second-order valence-corrected chi connectivity index (χ2v) is 8.13. The minimum Gasteiger partial charge on any atom is -0.351 e. The molecule has 3 aromatic carbocycles. The van der Waals surface area contributed by atoms with Crippen LogP contribution in [0.2, 0.25) is 5.02 Å². The second-order valence-electron chi connectivity index (χ2n) is 7.69. The van der Waals surface area contributed by atoms with Gasteiger partial charge in [-0.2, -0.15) is 0 Å². The molecule has 5 nitrogen and oxygen atoms in total. The Morgan fingerprint density at radius 3 is 2.50 bits per heavy atom. The van der Waals surface area contributed by atoms with Gasteiger partial charge in [0.1, 0.15) is 5.69 Å². The van der Waals surface area contributed by atoms with E-state index in [2.05, 4.69) is 10.3 Å². The van der Waals surface area contributed by atoms with E-state index in [0.717, 1.165) is 27.4 Å². The van der Waals surface area contributed by atoms with Crippen molar-refractivity contribution in [2.75, 3.05) is 0 Å². The molecule has 0 aliphatic heterocycles. The van der Waals surface area contributed by atoms with Crippen LogP contribution in [0.1, 0.15) is 16.2 Å². The Labute approximate surface area is 189 Å². The van der Waals surface area contributed by atoms with Crippen LogP contribution in [0.4, 0.5) is 0 Å². The van der Waals surface area contributed by atoms with Crippen LogP contribution in [0.15, 0.2) is 83.7 Å². The summed E-state index contributed by atoms with van der Waals surface area (Å²) in [6, 6.07) is 24.6. The number of pyridine rings is 1. The van der Waals surface area contributed by atoms with Gasteiger partial charge in [0, 0.05) is 39.6 Å². The molecule has 0 atom stereocenters. The number of para-hydroxylation sites is 1. The molecular weight excluding hydrogens is 422 g/mol. The lowest BCUT2D eigenvalue weighted by Gasteiger charge is -2.18. The molecule has 2 aromatic heterocycles. The number of amides is 1. The highest BCUT2D eigenvalue weighted by molar-refractivity contribution is 6.31. The molecule has 0 aliphatic rings. The van der Waals surface area contributed by atoms with Crippen molar-refractivity contribution in [2.24, 2.45) is 7.05 Å². The molecule has 0 radical (unpaired) electrons. The van der Waals surface area contributed by atoms with Crippen LogP contribution >= 0.6 is 11.6 Å². The molecule has 2 heterocycles. The molecule has 0 bridgehead atoms. The molecule has 5 rings (SSSR count). The van der Waals surface area contributed by atoms with E-state index in [4.69, 9.17) is 11.6 Å². The number of nitrogens with zero attached hydrogens (tertiary/aromatic N) is 1. The standard InChI is InChI=1S/C26H20ClN3O2/c1-30-23(15-28-25(31)22-13-17-9-5-6-10-21(17)29-22)24(16-7-3-2-4-8-16)20-14-18(27)11-12-19(20)26(30)32/h2-14,29H,15H2,1H3,(H,28,31). The summed E-state index contributed by atoms with van der Waals surface area (Å²) in [5.41, 5.74) is 3.77. The van der Waals surface area contributed by atoms with Gasteiger partial charge in [-0.15, -0.1) is 0 Å². The maximum Gasteiger partial charge on any atom is 0.268 e. The molecular formula is C26H20ClN3O2. The fourth-order valence-electron chi connectivity index (χ4n) is 4.13. The lowest BCUT2D eigenvalue weighted by molar-refractivity contribution is 0.0946. The summed E-state index contributed by atoms with van der Waals surface area (Å²) in [6.07, 6.45) is 0. The Hall–Kier alpha value is -3.83. The van der Waals surface area contributed by atoms with Gasteiger partial charge in [0.15, 0.2) is 0 Å². The largest absolute Gasteiger partial charge is 0.351 e. The molecule has 0 aliphatic carbocycles. The molecule has 2 N–H and O–H groups in total. The lowest BCUT2D eigenvalue weighted by atomic mass is 9.96. The van der Waals surface area contributed by atoms with Gasteiger partial charge in [-0.1, -0.05) is 60.1 Å². The number of halogens is 1. The molecule has 0 unspecified atom stereocenters. The number of H-pyrrole nitrogens is 1. The number of benzene rings is 3. The van der Waals surface area contributed by atoms with Crippen molar-refractivity contribution in [3.63, 3.8) is 0 Å². The number of nitrogens with one attached hydrogen (secondary N) is 2. The van der Waals surface area contributed by atoms with Crippen LogP contribution in [0.5, 0.6) is 0 Å². The number of aromatic amines is 1. The quantitative estimate of drug-likeness (QED) is 0.399. The number of carbonyl (C=O) groups is 1. The van der Waals surface area contributed by atoms with E-state index in [0.29, 0.717) is 21.8 Å².